The van der Waals surface area contributed by atoms with E-state index in [1.807, 2.05) is 0 Å². The van der Waals surface area contributed by atoms with E-state index in [9.17, 15) is 15.2 Å². The number of hydrogen-bond donors (Lipinski definition) is 2. The van der Waals surface area contributed by atoms with Crippen LogP contribution in [-0.4, -0.2) is 39.0 Å². The molecule has 1 heterocycles. The molecule has 1 aromatic rings. The first-order chi connectivity index (χ1) is 9.90. The van der Waals surface area contributed by atoms with Gasteiger partial charge in [0.05, 0.1) is 17.6 Å². The number of aliphatic hydroxyl groups excluding tert-OH is 1. The van der Waals surface area contributed by atoms with Gasteiger partial charge in [0.25, 0.3) is 0 Å². The smallest absolute Gasteiger partial charge is 0.312 e. The summed E-state index contributed by atoms with van der Waals surface area (Å²) in [4.78, 5) is 10.5. The molecule has 1 unspecified atom stereocenters. The highest BCUT2D eigenvalue weighted by Gasteiger charge is 2.22. The fourth-order valence-corrected chi connectivity index (χ4v) is 2.43. The number of nitro groups is 1. The summed E-state index contributed by atoms with van der Waals surface area (Å²) in [7, 11) is 0. The first-order valence-corrected chi connectivity index (χ1v) is 7.47. The van der Waals surface area contributed by atoms with Gasteiger partial charge in [0.1, 0.15) is 11.4 Å². The van der Waals surface area contributed by atoms with Gasteiger partial charge in [0.15, 0.2) is 0 Å². The molecule has 0 saturated carbocycles. The van der Waals surface area contributed by atoms with E-state index in [0.29, 0.717) is 23.9 Å². The summed E-state index contributed by atoms with van der Waals surface area (Å²) >= 11 is 0. The Bertz CT molecular complexity index is 469. The number of nitrogens with one attached hydrogen (secondary N) is 1. The molecule has 2 N–H and O–H groups in total. The molecule has 7 nitrogen and oxygen atoms in total. The summed E-state index contributed by atoms with van der Waals surface area (Å²) in [5.74, 6) is 0.618. The van der Waals surface area contributed by atoms with E-state index in [2.05, 4.69) is 24.3 Å². The number of rotatable bonds is 9. The predicted octanol–water partition coefficient (Wildman–Crippen LogP) is 1.79. The van der Waals surface area contributed by atoms with E-state index in [1.165, 1.54) is 4.68 Å². The lowest BCUT2D eigenvalue weighted by Crippen LogP contribution is -2.33. The monoisotopic (exact) mass is 298 g/mol. The maximum atomic E-state index is 10.9. The number of aryl methyl sites for hydroxylation is 1. The molecular weight excluding hydrogens is 272 g/mol. The maximum absolute atomic E-state index is 10.9. The van der Waals surface area contributed by atoms with Gasteiger partial charge in [-0.1, -0.05) is 26.7 Å². The van der Waals surface area contributed by atoms with Crippen LogP contribution < -0.4 is 5.32 Å². The minimum absolute atomic E-state index is 0.0344. The summed E-state index contributed by atoms with van der Waals surface area (Å²) in [6.07, 6.45) is 1.61. The number of nitrogens with zero attached hydrogens (tertiary/aromatic N) is 3. The molecule has 0 bridgehead atoms. The molecule has 1 aromatic heterocycles. The van der Waals surface area contributed by atoms with Crippen LogP contribution in [0.5, 0.6) is 0 Å². The van der Waals surface area contributed by atoms with Crippen LogP contribution >= 0.6 is 0 Å². The highest BCUT2D eigenvalue weighted by atomic mass is 16.6. The third-order valence-electron chi connectivity index (χ3n) is 3.88. The van der Waals surface area contributed by atoms with Crippen LogP contribution in [0.15, 0.2) is 0 Å². The van der Waals surface area contributed by atoms with Gasteiger partial charge in [-0.25, -0.2) is 0 Å². The Kier molecular flexibility index (Phi) is 6.77. The molecule has 1 rings (SSSR count). The van der Waals surface area contributed by atoms with E-state index < -0.39 is 11.0 Å². The van der Waals surface area contributed by atoms with E-state index in [0.717, 1.165) is 19.4 Å². The van der Waals surface area contributed by atoms with Crippen molar-refractivity contribution in [1.82, 2.24) is 15.1 Å². The summed E-state index contributed by atoms with van der Waals surface area (Å²) in [6, 6.07) is 0. The molecule has 0 aromatic carbocycles. The Hall–Kier alpha value is -1.47. The highest BCUT2D eigenvalue weighted by Crippen LogP contribution is 2.21. The van der Waals surface area contributed by atoms with E-state index in [-0.39, 0.29) is 12.2 Å². The number of aliphatic hydroxyl groups is 1. The van der Waals surface area contributed by atoms with Crippen LogP contribution in [0.1, 0.15) is 38.1 Å². The zero-order valence-electron chi connectivity index (χ0n) is 13.3. The SMILES string of the molecule is CCC(CC)CNCC(O)Cn1nc(C)c([N+](=O)[O-])c1C. The van der Waals surface area contributed by atoms with Gasteiger partial charge < -0.3 is 10.4 Å². The first kappa shape index (κ1) is 17.6. The second-order valence-corrected chi connectivity index (χ2v) is 5.45. The van der Waals surface area contributed by atoms with Crippen molar-refractivity contribution in [1.29, 1.82) is 0 Å². The molecule has 0 aliphatic carbocycles. The first-order valence-electron chi connectivity index (χ1n) is 7.47. The van der Waals surface area contributed by atoms with Gasteiger partial charge in [0, 0.05) is 6.54 Å². The molecule has 0 saturated heterocycles. The molecular formula is C14H26N4O3. The number of aromatic nitrogens is 2. The van der Waals surface area contributed by atoms with Crippen molar-refractivity contribution >= 4 is 5.69 Å². The Morgan fingerprint density at radius 3 is 2.43 bits per heavy atom. The third kappa shape index (κ3) is 4.78. The van der Waals surface area contributed by atoms with E-state index in [4.69, 9.17) is 0 Å². The molecule has 120 valence electrons. The molecule has 7 heteroatoms. The summed E-state index contributed by atoms with van der Waals surface area (Å²) in [5, 5.41) is 28.3. The minimum atomic E-state index is -0.614. The molecule has 0 fully saturated rings. The van der Waals surface area contributed by atoms with Crippen LogP contribution in [0, 0.1) is 29.9 Å². The Morgan fingerprint density at radius 2 is 1.95 bits per heavy atom. The largest absolute Gasteiger partial charge is 0.390 e. The summed E-state index contributed by atoms with van der Waals surface area (Å²) in [5.41, 5.74) is 0.901. The van der Waals surface area contributed by atoms with Gasteiger partial charge in [-0.15, -0.1) is 0 Å². The van der Waals surface area contributed by atoms with Crippen LogP contribution in [0.3, 0.4) is 0 Å². The van der Waals surface area contributed by atoms with E-state index in [1.54, 1.807) is 13.8 Å². The molecule has 0 radical (unpaired) electrons. The maximum Gasteiger partial charge on any atom is 0.312 e. The molecule has 0 spiro atoms. The van der Waals surface area contributed by atoms with E-state index >= 15 is 0 Å². The van der Waals surface area contributed by atoms with Crippen molar-refractivity contribution in [3.05, 3.63) is 21.5 Å². The zero-order valence-corrected chi connectivity index (χ0v) is 13.3. The van der Waals surface area contributed by atoms with Gasteiger partial charge in [0.2, 0.25) is 0 Å². The fourth-order valence-electron chi connectivity index (χ4n) is 2.43. The fraction of sp³-hybridized carbons (Fsp3) is 0.786. The Labute approximate surface area is 125 Å². The van der Waals surface area contributed by atoms with Crippen molar-refractivity contribution in [2.24, 2.45) is 5.92 Å². The van der Waals surface area contributed by atoms with Crippen molar-refractivity contribution in [2.45, 2.75) is 53.2 Å². The van der Waals surface area contributed by atoms with Crippen molar-refractivity contribution in [2.75, 3.05) is 13.1 Å². The third-order valence-corrected chi connectivity index (χ3v) is 3.88. The Balaban J connectivity index is 2.54. The standard InChI is InChI=1S/C14H26N4O3/c1-5-12(6-2)7-15-8-13(19)9-17-11(4)14(18(20)21)10(3)16-17/h12-13,15,19H,5-9H2,1-4H3. The highest BCUT2D eigenvalue weighted by molar-refractivity contribution is 5.39. The van der Waals surface area contributed by atoms with Gasteiger partial charge in [-0.3, -0.25) is 14.8 Å². The molecule has 0 aliphatic rings. The predicted molar refractivity (Wildman–Crippen MR) is 81.3 cm³/mol. The van der Waals surface area contributed by atoms with Crippen molar-refractivity contribution < 1.29 is 10.0 Å². The quantitative estimate of drug-likeness (QED) is 0.535. The normalized spacial score (nSPS) is 12.9. The second kappa shape index (κ2) is 8.09. The lowest BCUT2D eigenvalue weighted by molar-refractivity contribution is -0.386. The van der Waals surface area contributed by atoms with Gasteiger partial charge >= 0.3 is 5.69 Å². The molecule has 21 heavy (non-hydrogen) atoms. The topological polar surface area (TPSA) is 93.2 Å². The summed E-state index contributed by atoms with van der Waals surface area (Å²) < 4.78 is 1.51. The van der Waals surface area contributed by atoms with Crippen molar-refractivity contribution in [3.63, 3.8) is 0 Å². The Morgan fingerprint density at radius 1 is 1.33 bits per heavy atom. The molecule has 0 amide bonds. The lowest BCUT2D eigenvalue weighted by Gasteiger charge is -2.16. The van der Waals surface area contributed by atoms with Crippen LogP contribution in [-0.2, 0) is 6.54 Å². The van der Waals surface area contributed by atoms with Crippen LogP contribution in [0.25, 0.3) is 0 Å². The zero-order chi connectivity index (χ0) is 16.0. The summed E-state index contributed by atoms with van der Waals surface area (Å²) in [6.45, 7) is 9.17. The van der Waals surface area contributed by atoms with Gasteiger partial charge in [-0.05, 0) is 26.3 Å². The van der Waals surface area contributed by atoms with Crippen LogP contribution in [0.2, 0.25) is 0 Å². The average molecular weight is 298 g/mol. The average Bonchev–Trinajstić information content (AvgIpc) is 2.69. The number of hydrogen-bond acceptors (Lipinski definition) is 5. The minimum Gasteiger partial charge on any atom is -0.390 e. The van der Waals surface area contributed by atoms with Crippen LogP contribution in [0.4, 0.5) is 5.69 Å². The van der Waals surface area contributed by atoms with Gasteiger partial charge in [-0.2, -0.15) is 5.10 Å². The molecule has 1 atom stereocenters. The van der Waals surface area contributed by atoms with Crippen molar-refractivity contribution in [3.8, 4) is 0 Å². The second-order valence-electron chi connectivity index (χ2n) is 5.45. The molecule has 0 aliphatic heterocycles. The lowest BCUT2D eigenvalue weighted by atomic mass is 10.0.